The smallest absolute Gasteiger partial charge is 0.317 e. The van der Waals surface area contributed by atoms with Gasteiger partial charge in [-0.1, -0.05) is 25.9 Å². The molecule has 13 atom stereocenters. The van der Waals surface area contributed by atoms with Crippen LogP contribution in [-0.4, -0.2) is 119 Å². The van der Waals surface area contributed by atoms with E-state index in [4.69, 9.17) is 29.5 Å². The van der Waals surface area contributed by atoms with Gasteiger partial charge in [0.05, 0.1) is 35.8 Å². The number of carbonyl (C=O) groups is 3. The number of fused-ring (bicyclic) bond motifs is 5. The largest absolute Gasteiger partial charge is 0.448 e. The van der Waals surface area contributed by atoms with Gasteiger partial charge < -0.3 is 44.6 Å². The number of oxime groups is 1. The van der Waals surface area contributed by atoms with Crippen molar-refractivity contribution in [2.75, 3.05) is 26.4 Å². The van der Waals surface area contributed by atoms with Gasteiger partial charge in [-0.2, -0.15) is 9.36 Å². The van der Waals surface area contributed by atoms with Crippen LogP contribution in [0, 0.1) is 29.6 Å². The Balaban J connectivity index is 1.55. The minimum Gasteiger partial charge on any atom is -0.448 e. The molecule has 3 fully saturated rings. The van der Waals surface area contributed by atoms with Gasteiger partial charge in [0.2, 0.25) is 5.95 Å². The first-order valence-electron chi connectivity index (χ1n) is 19.4. The molecule has 5 rings (SSSR count). The number of cyclic esters (lactones) is 1. The fraction of sp³-hybridized carbons (Fsp3) is 0.718. The van der Waals surface area contributed by atoms with Crippen LogP contribution in [0.1, 0.15) is 79.8 Å². The maximum absolute atomic E-state index is 14.4. The fourth-order valence-electron chi connectivity index (χ4n) is 8.30. The van der Waals surface area contributed by atoms with E-state index in [0.29, 0.717) is 22.8 Å². The number of alkyl halides is 1. The molecule has 2 bridgehead atoms. The standard InChI is InChI=1S/C39H57IN6O10S/c1-19-15-38(6)32(55-35-31(49)28(46(8)9)14-20(2)54-35)22(4)30(48)23(5)34(50)56-36(40)39(7,51)27(21(3)29(19)47)13-12-26(17-52-38)44-53-18-25-11-10-24(16-42-25)33-43-37(41)45-57-33/h10-11,16,19-23,27-28,31-32,35-36,49,51H,12-15,17-18H2,1-9H3,(H2,41,45)/b44-26+/t19-,20-,21-,22+,23-,27-,28+,31-,32-,35+,36+,38-,39+/m1/s1. The average Bonchev–Trinajstić information content (AvgIpc) is 3.60. The van der Waals surface area contributed by atoms with Gasteiger partial charge in [0, 0.05) is 41.5 Å². The number of ether oxygens (including phenoxy) is 4. The van der Waals surface area contributed by atoms with E-state index < -0.39 is 75.2 Å². The monoisotopic (exact) mass is 928 g/mol. The van der Waals surface area contributed by atoms with Crippen LogP contribution >= 0.6 is 34.1 Å². The van der Waals surface area contributed by atoms with Crippen molar-refractivity contribution in [1.82, 2.24) is 19.2 Å². The molecule has 0 saturated carbocycles. The fourth-order valence-corrected chi connectivity index (χ4v) is 9.59. The van der Waals surface area contributed by atoms with Crippen LogP contribution in [0.2, 0.25) is 0 Å². The van der Waals surface area contributed by atoms with Gasteiger partial charge in [0.1, 0.15) is 28.4 Å². The number of Topliss-reactive ketones (excluding diaryl/α,β-unsaturated/α-hetero) is 2. The van der Waals surface area contributed by atoms with Crippen molar-refractivity contribution in [2.45, 2.75) is 127 Å². The number of aliphatic hydroxyl groups is 2. The van der Waals surface area contributed by atoms with E-state index in [-0.39, 0.29) is 56.4 Å². The van der Waals surface area contributed by atoms with Crippen molar-refractivity contribution in [3.05, 3.63) is 24.0 Å². The zero-order valence-electron chi connectivity index (χ0n) is 34.1. The highest BCUT2D eigenvalue weighted by atomic mass is 127. The average molecular weight is 929 g/mol. The van der Waals surface area contributed by atoms with Crippen LogP contribution in [-0.2, 0) is 44.8 Å². The first-order valence-corrected chi connectivity index (χ1v) is 21.4. The maximum Gasteiger partial charge on any atom is 0.317 e. The number of likely N-dealkylation sites (N-methyl/N-ethyl adjacent to an activating group) is 1. The third-order valence-electron chi connectivity index (χ3n) is 11.8. The third-order valence-corrected chi connectivity index (χ3v) is 14.0. The van der Waals surface area contributed by atoms with E-state index in [2.05, 4.69) is 19.5 Å². The summed E-state index contributed by atoms with van der Waals surface area (Å²) in [5.74, 6) is -5.51. The lowest BCUT2D eigenvalue weighted by Gasteiger charge is -2.47. The molecule has 5 heterocycles. The Bertz CT molecular complexity index is 1760. The second-order valence-electron chi connectivity index (χ2n) is 16.5. The second-order valence-corrected chi connectivity index (χ2v) is 18.4. The van der Waals surface area contributed by atoms with Crippen molar-refractivity contribution in [3.63, 3.8) is 0 Å². The number of pyridine rings is 1. The van der Waals surface area contributed by atoms with Crippen LogP contribution < -0.4 is 5.73 Å². The van der Waals surface area contributed by atoms with Crippen LogP contribution in [0.3, 0.4) is 0 Å². The molecule has 0 radical (unpaired) electrons. The molecule has 3 saturated heterocycles. The van der Waals surface area contributed by atoms with E-state index >= 15 is 0 Å². The maximum atomic E-state index is 14.4. The molecule has 18 heteroatoms. The quantitative estimate of drug-likeness (QED) is 0.117. The normalized spacial score (nSPS) is 38.3. The first kappa shape index (κ1) is 45.4. The minimum absolute atomic E-state index is 0.0233. The molecular formula is C39H57IN6O10S. The molecule has 57 heavy (non-hydrogen) atoms. The zero-order chi connectivity index (χ0) is 42.0. The number of esters is 1. The lowest BCUT2D eigenvalue weighted by Crippen LogP contribution is -2.59. The van der Waals surface area contributed by atoms with Gasteiger partial charge in [-0.3, -0.25) is 19.4 Å². The van der Waals surface area contributed by atoms with Gasteiger partial charge in [-0.15, -0.1) is 0 Å². The van der Waals surface area contributed by atoms with Crippen LogP contribution in [0.4, 0.5) is 5.95 Å². The summed E-state index contributed by atoms with van der Waals surface area (Å²) in [5.41, 5.74) is 4.43. The SMILES string of the molecule is C[C@H]1C(=O)O[C@H](I)[C@@](C)(O)[C@@H]2CC/C(=N\OCc3ccc(-c4nc(N)ns4)cn3)CO[C@](C)(C[C@@H](C)C(=O)[C@@H]2C)[C@H](O[C@@H]2O[C@H](C)C[C@H](N(C)C)[C@H]2O)[C@@H](C)C1=O. The van der Waals surface area contributed by atoms with Gasteiger partial charge >= 0.3 is 5.97 Å². The number of aliphatic hydroxyl groups excluding tert-OH is 1. The van der Waals surface area contributed by atoms with E-state index in [0.717, 1.165) is 5.56 Å². The molecular weight excluding hydrogens is 871 g/mol. The molecule has 2 aromatic rings. The summed E-state index contributed by atoms with van der Waals surface area (Å²) in [5, 5.41) is 28.8. The molecule has 0 aromatic carbocycles. The number of rotatable bonds is 7. The van der Waals surface area contributed by atoms with Crippen molar-refractivity contribution < 1.29 is 48.4 Å². The number of nitrogens with zero attached hydrogens (tertiary/aromatic N) is 5. The Kier molecular flexibility index (Phi) is 14.9. The predicted octanol–water partition coefficient (Wildman–Crippen LogP) is 4.19. The molecule has 316 valence electrons. The molecule has 16 nitrogen and oxygen atoms in total. The number of nitrogens with two attached hydrogens (primary N) is 1. The summed E-state index contributed by atoms with van der Waals surface area (Å²) in [6, 6.07) is 3.31. The highest BCUT2D eigenvalue weighted by Crippen LogP contribution is 2.42. The van der Waals surface area contributed by atoms with Crippen LogP contribution in [0.15, 0.2) is 23.5 Å². The van der Waals surface area contributed by atoms with Gasteiger partial charge in [-0.05, 0) is 114 Å². The molecule has 3 aliphatic rings. The van der Waals surface area contributed by atoms with Crippen molar-refractivity contribution >= 4 is 63.3 Å². The number of hydrogen-bond donors (Lipinski definition) is 3. The van der Waals surface area contributed by atoms with Crippen LogP contribution in [0.25, 0.3) is 10.6 Å². The van der Waals surface area contributed by atoms with Gasteiger partial charge in [-0.25, -0.2) is 0 Å². The number of halogens is 1. The molecule has 0 unspecified atom stereocenters. The summed E-state index contributed by atoms with van der Waals surface area (Å²) in [4.78, 5) is 58.7. The third kappa shape index (κ3) is 10.4. The minimum atomic E-state index is -1.68. The Labute approximate surface area is 351 Å². The van der Waals surface area contributed by atoms with E-state index in [9.17, 15) is 24.6 Å². The Hall–Kier alpha value is -2.72. The Morgan fingerprint density at radius 1 is 1.11 bits per heavy atom. The van der Waals surface area contributed by atoms with Crippen molar-refractivity contribution in [3.8, 4) is 10.6 Å². The van der Waals surface area contributed by atoms with Gasteiger partial charge in [0.15, 0.2) is 22.8 Å². The second kappa shape index (κ2) is 18.7. The highest BCUT2D eigenvalue weighted by Gasteiger charge is 2.52. The number of carbonyl (C=O) groups excluding carboxylic acids is 3. The van der Waals surface area contributed by atoms with Crippen LogP contribution in [0.5, 0.6) is 0 Å². The van der Waals surface area contributed by atoms with Crippen molar-refractivity contribution in [1.29, 1.82) is 0 Å². The molecule has 4 N–H and O–H groups in total. The summed E-state index contributed by atoms with van der Waals surface area (Å²) >= 11 is 3.04. The zero-order valence-corrected chi connectivity index (χ0v) is 37.1. The van der Waals surface area contributed by atoms with Gasteiger partial charge in [0.25, 0.3) is 0 Å². The Morgan fingerprint density at radius 3 is 2.46 bits per heavy atom. The van der Waals surface area contributed by atoms with E-state index in [1.807, 2.05) is 54.6 Å². The summed E-state index contributed by atoms with van der Waals surface area (Å²) in [6.45, 7) is 11.8. The molecule has 0 amide bonds. The first-order chi connectivity index (χ1) is 26.7. The number of anilines is 1. The number of ketones is 2. The highest BCUT2D eigenvalue weighted by molar-refractivity contribution is 14.1. The molecule has 0 spiro atoms. The Morgan fingerprint density at radius 2 is 1.82 bits per heavy atom. The molecule has 3 aliphatic heterocycles. The lowest BCUT2D eigenvalue weighted by molar-refractivity contribution is -0.296. The van der Waals surface area contributed by atoms with E-state index in [1.165, 1.54) is 18.5 Å². The molecule has 0 aliphatic carbocycles. The van der Waals surface area contributed by atoms with E-state index in [1.54, 1.807) is 46.9 Å². The number of hydrogen-bond acceptors (Lipinski definition) is 17. The predicted molar refractivity (Wildman–Crippen MR) is 220 cm³/mol. The lowest BCUT2D eigenvalue weighted by atomic mass is 9.71. The summed E-state index contributed by atoms with van der Waals surface area (Å²) in [6.07, 6.45) is -0.859. The summed E-state index contributed by atoms with van der Waals surface area (Å²) in [7, 11) is 3.73. The number of nitrogen functional groups attached to an aromatic ring is 1. The number of aromatic nitrogens is 3. The summed E-state index contributed by atoms with van der Waals surface area (Å²) < 4.78 is 28.4. The van der Waals surface area contributed by atoms with Crippen molar-refractivity contribution in [2.24, 2.45) is 34.7 Å². The topological polar surface area (TPSA) is 218 Å². The molecule has 2 aromatic heterocycles.